The van der Waals surface area contributed by atoms with Crippen LogP contribution in [0.5, 0.6) is 0 Å². The number of likely N-dealkylation sites (tertiary alicyclic amines) is 1. The average Bonchev–Trinajstić information content (AvgIpc) is 3.25. The molecule has 5 rings (SSSR count). The Balaban J connectivity index is 1.59. The summed E-state index contributed by atoms with van der Waals surface area (Å²) in [5.41, 5.74) is 4.88. The first-order valence-electron chi connectivity index (χ1n) is 11.3. The van der Waals surface area contributed by atoms with Crippen LogP contribution in [0.1, 0.15) is 59.6 Å². The third-order valence-electron chi connectivity index (χ3n) is 7.38. The molecule has 1 saturated heterocycles. The monoisotopic (exact) mass is 420 g/mol. The molecule has 2 aromatic carbocycles. The summed E-state index contributed by atoms with van der Waals surface area (Å²) in [6.07, 6.45) is 7.78. The van der Waals surface area contributed by atoms with Crippen molar-refractivity contribution >= 4 is 17.2 Å². The normalized spacial score (nSPS) is 25.1. The second kappa shape index (κ2) is 8.12. The molecule has 3 atom stereocenters. The van der Waals surface area contributed by atoms with Crippen molar-refractivity contribution in [1.29, 1.82) is 0 Å². The van der Waals surface area contributed by atoms with Crippen LogP contribution in [0.4, 0.5) is 10.1 Å². The first kappa shape index (κ1) is 20.3. The predicted octanol–water partition coefficient (Wildman–Crippen LogP) is 4.80. The fraction of sp³-hybridized carbons (Fsp3) is 0.423. The van der Waals surface area contributed by atoms with Gasteiger partial charge in [-0.1, -0.05) is 24.3 Å². The number of carbonyl (C=O) groups excluding carboxylic acids is 1. The zero-order chi connectivity index (χ0) is 21.5. The number of hydrogen-bond acceptors (Lipinski definition) is 3. The molecular formula is C26H29FN2O2. The van der Waals surface area contributed by atoms with Crippen molar-refractivity contribution in [2.45, 2.75) is 44.2 Å². The van der Waals surface area contributed by atoms with E-state index >= 15 is 0 Å². The van der Waals surface area contributed by atoms with Gasteiger partial charge in [-0.2, -0.15) is 0 Å². The van der Waals surface area contributed by atoms with E-state index in [1.54, 1.807) is 18.2 Å². The molecule has 5 heteroatoms. The van der Waals surface area contributed by atoms with E-state index in [1.807, 2.05) is 11.9 Å². The van der Waals surface area contributed by atoms with Crippen molar-refractivity contribution in [3.63, 3.8) is 0 Å². The van der Waals surface area contributed by atoms with Gasteiger partial charge in [0.25, 0.3) is 5.91 Å². The van der Waals surface area contributed by atoms with Crippen LogP contribution >= 0.6 is 0 Å². The van der Waals surface area contributed by atoms with Crippen LogP contribution in [-0.4, -0.2) is 42.2 Å². The first-order valence-corrected chi connectivity index (χ1v) is 11.3. The molecule has 2 heterocycles. The van der Waals surface area contributed by atoms with Gasteiger partial charge < -0.3 is 14.9 Å². The highest BCUT2D eigenvalue weighted by atomic mass is 19.1. The van der Waals surface area contributed by atoms with E-state index in [2.05, 4.69) is 29.2 Å². The number of fused-ring (bicyclic) bond motifs is 3. The summed E-state index contributed by atoms with van der Waals surface area (Å²) in [7, 11) is 2.02. The van der Waals surface area contributed by atoms with E-state index in [9.17, 15) is 14.3 Å². The highest BCUT2D eigenvalue weighted by Crippen LogP contribution is 2.49. The number of hydrogen-bond donors (Lipinski definition) is 1. The number of nitrogens with zero attached hydrogens (tertiary/aromatic N) is 2. The first-order chi connectivity index (χ1) is 15.1. The fourth-order valence-electron chi connectivity index (χ4n) is 5.77. The molecule has 0 bridgehead atoms. The second-order valence-corrected chi connectivity index (χ2v) is 8.99. The van der Waals surface area contributed by atoms with Crippen LogP contribution in [0.15, 0.2) is 48.5 Å². The van der Waals surface area contributed by atoms with Gasteiger partial charge in [0.05, 0.1) is 24.3 Å². The van der Waals surface area contributed by atoms with Crippen molar-refractivity contribution in [2.75, 3.05) is 25.1 Å². The highest BCUT2D eigenvalue weighted by molar-refractivity contribution is 5.95. The third-order valence-corrected chi connectivity index (χ3v) is 7.38. The Morgan fingerprint density at radius 1 is 1.19 bits per heavy atom. The second-order valence-electron chi connectivity index (χ2n) is 8.99. The summed E-state index contributed by atoms with van der Waals surface area (Å²) >= 11 is 0. The summed E-state index contributed by atoms with van der Waals surface area (Å²) in [5, 5.41) is 10.2. The van der Waals surface area contributed by atoms with Gasteiger partial charge in [0.1, 0.15) is 5.82 Å². The lowest BCUT2D eigenvalue weighted by Crippen LogP contribution is -2.48. The van der Waals surface area contributed by atoms with Crippen molar-refractivity contribution in [3.05, 3.63) is 71.0 Å². The molecule has 162 valence electrons. The predicted molar refractivity (Wildman–Crippen MR) is 120 cm³/mol. The van der Waals surface area contributed by atoms with Gasteiger partial charge in [-0.15, -0.1) is 0 Å². The minimum Gasteiger partial charge on any atom is -0.394 e. The number of benzene rings is 2. The van der Waals surface area contributed by atoms with E-state index < -0.39 is 5.82 Å². The molecule has 0 aromatic heterocycles. The maximum absolute atomic E-state index is 14.4. The van der Waals surface area contributed by atoms with Gasteiger partial charge in [0.15, 0.2) is 0 Å². The van der Waals surface area contributed by atoms with Crippen molar-refractivity contribution in [1.82, 2.24) is 4.90 Å². The van der Waals surface area contributed by atoms with Gasteiger partial charge in [0.2, 0.25) is 0 Å². The lowest BCUT2D eigenvalue weighted by atomic mass is 9.80. The number of aliphatic hydroxyl groups excluding tert-OH is 1. The molecule has 1 N–H and O–H groups in total. The zero-order valence-electron chi connectivity index (χ0n) is 17.9. The molecule has 0 saturated carbocycles. The third kappa shape index (κ3) is 3.35. The number of allylic oxidation sites excluding steroid dienone is 2. The smallest absolute Gasteiger partial charge is 0.257 e. The quantitative estimate of drug-likeness (QED) is 0.776. The lowest BCUT2D eigenvalue weighted by molar-refractivity contribution is 0.0689. The molecule has 0 radical (unpaired) electrons. The molecule has 31 heavy (non-hydrogen) atoms. The van der Waals surface area contributed by atoms with Crippen LogP contribution in [0.2, 0.25) is 0 Å². The molecule has 2 aromatic rings. The highest BCUT2D eigenvalue weighted by Gasteiger charge is 2.48. The number of aliphatic hydroxyl groups is 1. The maximum atomic E-state index is 14.4. The summed E-state index contributed by atoms with van der Waals surface area (Å²) < 4.78 is 14.4. The number of halogens is 1. The van der Waals surface area contributed by atoms with Crippen LogP contribution in [0, 0.1) is 11.7 Å². The van der Waals surface area contributed by atoms with Crippen LogP contribution in [0.3, 0.4) is 0 Å². The number of amides is 1. The van der Waals surface area contributed by atoms with E-state index in [4.69, 9.17) is 0 Å². The number of carbonyl (C=O) groups is 1. The Morgan fingerprint density at radius 3 is 2.77 bits per heavy atom. The van der Waals surface area contributed by atoms with Crippen molar-refractivity contribution in [3.8, 4) is 0 Å². The molecular weight excluding hydrogens is 391 g/mol. The fourth-order valence-corrected chi connectivity index (χ4v) is 5.77. The molecule has 0 spiro atoms. The molecule has 1 fully saturated rings. The molecule has 4 nitrogen and oxygen atoms in total. The zero-order valence-corrected chi connectivity index (χ0v) is 17.9. The van der Waals surface area contributed by atoms with Gasteiger partial charge >= 0.3 is 0 Å². The van der Waals surface area contributed by atoms with Crippen LogP contribution in [0.25, 0.3) is 5.57 Å². The topological polar surface area (TPSA) is 43.8 Å². The average molecular weight is 421 g/mol. The largest absolute Gasteiger partial charge is 0.394 e. The van der Waals surface area contributed by atoms with Gasteiger partial charge in [-0.25, -0.2) is 4.39 Å². The summed E-state index contributed by atoms with van der Waals surface area (Å²) in [6.45, 7) is 0.602. The SMILES string of the molecule is CN1c2ccc(C3=CCCCC3)cc2[C@@H]2[C@@H](CCN2C(=O)c2ccccc2F)[C@H]1CO. The van der Waals surface area contributed by atoms with E-state index in [0.29, 0.717) is 6.54 Å². The van der Waals surface area contributed by atoms with E-state index in [0.717, 1.165) is 30.5 Å². The lowest BCUT2D eigenvalue weighted by Gasteiger charge is -2.44. The van der Waals surface area contributed by atoms with E-state index in [-0.39, 0.29) is 36.1 Å². The summed E-state index contributed by atoms with van der Waals surface area (Å²) in [4.78, 5) is 17.4. The van der Waals surface area contributed by atoms with Crippen molar-refractivity contribution in [2.24, 2.45) is 5.92 Å². The minimum atomic E-state index is -0.482. The van der Waals surface area contributed by atoms with Crippen molar-refractivity contribution < 1.29 is 14.3 Å². The summed E-state index contributed by atoms with van der Waals surface area (Å²) in [5.74, 6) is -0.627. The van der Waals surface area contributed by atoms with Gasteiger partial charge in [0, 0.05) is 25.2 Å². The van der Waals surface area contributed by atoms with Gasteiger partial charge in [-0.05, 0) is 73.1 Å². The summed E-state index contributed by atoms with van der Waals surface area (Å²) in [6, 6.07) is 12.5. The Labute approximate surface area is 183 Å². The Morgan fingerprint density at radius 2 is 2.03 bits per heavy atom. The molecule has 1 amide bonds. The number of rotatable bonds is 3. The molecule has 0 unspecified atom stereocenters. The Kier molecular flexibility index (Phi) is 5.30. The maximum Gasteiger partial charge on any atom is 0.257 e. The number of anilines is 1. The molecule has 1 aliphatic carbocycles. The van der Waals surface area contributed by atoms with E-state index in [1.165, 1.54) is 30.0 Å². The van der Waals surface area contributed by atoms with Gasteiger partial charge in [-0.3, -0.25) is 4.79 Å². The number of likely N-dealkylation sites (N-methyl/N-ethyl adjacent to an activating group) is 1. The minimum absolute atomic E-state index is 0.0335. The van der Waals surface area contributed by atoms with Crippen LogP contribution in [-0.2, 0) is 0 Å². The molecule has 3 aliphatic rings. The Hall–Kier alpha value is -2.66. The molecule has 2 aliphatic heterocycles. The van der Waals surface area contributed by atoms with Crippen LogP contribution < -0.4 is 4.90 Å². The standard InChI is InChI=1S/C26H29FN2O2/c1-28-23-12-11-18(17-7-3-2-4-8-17)15-21(23)25-20(24(28)16-30)13-14-29(25)26(31)19-9-5-6-10-22(19)27/h5-7,9-12,15,20,24-25,30H,2-4,8,13-14,16H2,1H3/t20-,24+,25-/m0/s1. The Bertz CT molecular complexity index is 1030.